The second-order valence-corrected chi connectivity index (χ2v) is 4.58. The van der Waals surface area contributed by atoms with E-state index in [9.17, 15) is 0 Å². The van der Waals surface area contributed by atoms with Crippen LogP contribution >= 0.6 is 23.5 Å². The van der Waals surface area contributed by atoms with Crippen LogP contribution in [0.5, 0.6) is 0 Å². The molecule has 0 nitrogen and oxygen atoms in total. The van der Waals surface area contributed by atoms with Gasteiger partial charge in [0.15, 0.2) is 0 Å². The lowest BCUT2D eigenvalue weighted by Crippen LogP contribution is -2.02. The van der Waals surface area contributed by atoms with E-state index in [0.29, 0.717) is 5.25 Å². The summed E-state index contributed by atoms with van der Waals surface area (Å²) in [6.07, 6.45) is 10.9. The van der Waals surface area contributed by atoms with Crippen molar-refractivity contribution in [2.75, 3.05) is 5.75 Å². The first kappa shape index (κ1) is 8.27. The molecule has 62 valence electrons. The number of rotatable bonds is 1. The van der Waals surface area contributed by atoms with Crippen LogP contribution in [0.4, 0.5) is 0 Å². The van der Waals surface area contributed by atoms with Gasteiger partial charge in [-0.1, -0.05) is 30.4 Å². The normalized spacial score (nSPS) is 27.3. The smallest absolute Gasteiger partial charge is 0.0526 e. The number of hydrogen-bond acceptors (Lipinski definition) is 2. The van der Waals surface area contributed by atoms with Gasteiger partial charge in [-0.3, -0.25) is 0 Å². The summed E-state index contributed by atoms with van der Waals surface area (Å²) < 4.78 is 0. The van der Waals surface area contributed by atoms with Crippen LogP contribution in [0.3, 0.4) is 0 Å². The summed E-state index contributed by atoms with van der Waals surface area (Å²) in [4.78, 5) is 0. The van der Waals surface area contributed by atoms with E-state index in [0.717, 1.165) is 5.75 Å². The molecule has 0 aromatic rings. The lowest BCUT2D eigenvalue weighted by atomic mass is 10.2. The Balaban J connectivity index is 2.09. The topological polar surface area (TPSA) is 0 Å². The maximum Gasteiger partial charge on any atom is 0.0526 e. The van der Waals surface area contributed by atoms with Crippen molar-refractivity contribution < 1.29 is 0 Å². The van der Waals surface area contributed by atoms with Gasteiger partial charge in [0.05, 0.1) is 5.25 Å². The predicted octanol–water partition coefficient (Wildman–Crippen LogP) is 3.36. The van der Waals surface area contributed by atoms with Crippen molar-refractivity contribution in [1.82, 2.24) is 0 Å². The maximum atomic E-state index is 2.27. The minimum absolute atomic E-state index is 0.541. The van der Waals surface area contributed by atoms with Gasteiger partial charge in [0.25, 0.3) is 0 Å². The molecule has 2 aliphatic rings. The fraction of sp³-hybridized carbons (Fsp3) is 0.200. The molecule has 2 aliphatic heterocycles. The van der Waals surface area contributed by atoms with Crippen LogP contribution in [0.1, 0.15) is 0 Å². The van der Waals surface area contributed by atoms with Gasteiger partial charge in [-0.15, -0.1) is 23.5 Å². The Morgan fingerprint density at radius 2 is 2.33 bits per heavy atom. The van der Waals surface area contributed by atoms with Crippen LogP contribution in [0.15, 0.2) is 46.8 Å². The summed E-state index contributed by atoms with van der Waals surface area (Å²) in [6, 6.07) is 0. The molecule has 1 unspecified atom stereocenters. The Morgan fingerprint density at radius 3 is 3.00 bits per heavy atom. The first-order chi connectivity index (χ1) is 5.97. The zero-order valence-electron chi connectivity index (χ0n) is 6.64. The summed E-state index contributed by atoms with van der Waals surface area (Å²) >= 11 is 3.75. The first-order valence-corrected chi connectivity index (χ1v) is 5.93. The van der Waals surface area contributed by atoms with Gasteiger partial charge in [-0.25, -0.2) is 0 Å². The van der Waals surface area contributed by atoms with E-state index in [-0.39, 0.29) is 0 Å². The SMILES string of the molecule is C1=CSC(C2=CSCC=C2)C=C1. The molecule has 0 fully saturated rings. The molecule has 0 saturated heterocycles. The van der Waals surface area contributed by atoms with Crippen LogP contribution in [0.25, 0.3) is 0 Å². The molecule has 0 aromatic carbocycles. The highest BCUT2D eigenvalue weighted by Gasteiger charge is 2.10. The molecule has 2 heteroatoms. The van der Waals surface area contributed by atoms with Gasteiger partial charge in [0.2, 0.25) is 0 Å². The van der Waals surface area contributed by atoms with Crippen LogP contribution in [-0.4, -0.2) is 11.0 Å². The van der Waals surface area contributed by atoms with E-state index in [2.05, 4.69) is 41.2 Å². The third-order valence-electron chi connectivity index (χ3n) is 1.75. The van der Waals surface area contributed by atoms with Gasteiger partial charge >= 0.3 is 0 Å². The Kier molecular flexibility index (Phi) is 2.79. The second kappa shape index (κ2) is 4.06. The Bertz CT molecular complexity index is 272. The van der Waals surface area contributed by atoms with E-state index >= 15 is 0 Å². The van der Waals surface area contributed by atoms with Crippen LogP contribution < -0.4 is 0 Å². The van der Waals surface area contributed by atoms with Crippen molar-refractivity contribution in [3.63, 3.8) is 0 Å². The molecule has 12 heavy (non-hydrogen) atoms. The molecule has 0 saturated carbocycles. The molecule has 1 atom stereocenters. The molecule has 0 bridgehead atoms. The van der Waals surface area contributed by atoms with Gasteiger partial charge < -0.3 is 0 Å². The van der Waals surface area contributed by atoms with Crippen molar-refractivity contribution in [2.24, 2.45) is 0 Å². The lowest BCUT2D eigenvalue weighted by molar-refractivity contribution is 1.31. The number of hydrogen-bond donors (Lipinski definition) is 0. The van der Waals surface area contributed by atoms with Gasteiger partial charge in [-0.2, -0.15) is 0 Å². The third kappa shape index (κ3) is 1.87. The quantitative estimate of drug-likeness (QED) is 0.628. The number of allylic oxidation sites excluding steroid dienone is 3. The Labute approximate surface area is 81.5 Å². The van der Waals surface area contributed by atoms with Crippen LogP contribution in [-0.2, 0) is 0 Å². The molecule has 0 aromatic heterocycles. The standard InChI is InChI=1S/C10H10S2/c1-2-7-12-10(5-1)9-4-3-6-11-8-9/h1-5,7-8,10H,6H2. The molecule has 2 rings (SSSR count). The highest BCUT2D eigenvalue weighted by atomic mass is 32.2. The summed E-state index contributed by atoms with van der Waals surface area (Å²) in [7, 11) is 0. The molecular formula is C10H10S2. The third-order valence-corrected chi connectivity index (χ3v) is 3.61. The average molecular weight is 194 g/mol. The first-order valence-electron chi connectivity index (χ1n) is 3.94. The molecule has 0 N–H and O–H groups in total. The largest absolute Gasteiger partial charge is 0.130 e. The van der Waals surface area contributed by atoms with Gasteiger partial charge in [0, 0.05) is 5.75 Å². The summed E-state index contributed by atoms with van der Waals surface area (Å²) in [5, 5.41) is 4.96. The minimum Gasteiger partial charge on any atom is -0.130 e. The molecule has 0 aliphatic carbocycles. The molecule has 0 spiro atoms. The summed E-state index contributed by atoms with van der Waals surface area (Å²) in [5.41, 5.74) is 1.43. The van der Waals surface area contributed by atoms with Crippen molar-refractivity contribution in [3.05, 3.63) is 46.8 Å². The number of thioether (sulfide) groups is 2. The van der Waals surface area contributed by atoms with E-state index < -0.39 is 0 Å². The Hall–Kier alpha value is -0.340. The lowest BCUT2D eigenvalue weighted by Gasteiger charge is -2.15. The van der Waals surface area contributed by atoms with Crippen molar-refractivity contribution >= 4 is 23.5 Å². The summed E-state index contributed by atoms with van der Waals surface area (Å²) in [5.74, 6) is 1.13. The highest BCUT2D eigenvalue weighted by Crippen LogP contribution is 2.29. The fourth-order valence-electron chi connectivity index (χ4n) is 1.16. The Morgan fingerprint density at radius 1 is 1.33 bits per heavy atom. The molecule has 0 amide bonds. The molecular weight excluding hydrogens is 184 g/mol. The molecule has 2 heterocycles. The zero-order valence-corrected chi connectivity index (χ0v) is 8.28. The van der Waals surface area contributed by atoms with Crippen molar-refractivity contribution in [1.29, 1.82) is 0 Å². The molecule has 0 radical (unpaired) electrons. The monoisotopic (exact) mass is 194 g/mol. The van der Waals surface area contributed by atoms with E-state index in [4.69, 9.17) is 0 Å². The zero-order chi connectivity index (χ0) is 8.23. The fourth-order valence-corrected chi connectivity index (χ4v) is 2.80. The van der Waals surface area contributed by atoms with Crippen LogP contribution in [0, 0.1) is 0 Å². The van der Waals surface area contributed by atoms with Crippen molar-refractivity contribution in [2.45, 2.75) is 5.25 Å². The highest BCUT2D eigenvalue weighted by molar-refractivity contribution is 8.03. The van der Waals surface area contributed by atoms with Gasteiger partial charge in [-0.05, 0) is 16.4 Å². The second-order valence-electron chi connectivity index (χ2n) is 2.62. The van der Waals surface area contributed by atoms with Gasteiger partial charge in [0.1, 0.15) is 0 Å². The van der Waals surface area contributed by atoms with Crippen LogP contribution in [0.2, 0.25) is 0 Å². The maximum absolute atomic E-state index is 2.27. The minimum atomic E-state index is 0.541. The van der Waals surface area contributed by atoms with Crippen molar-refractivity contribution in [3.8, 4) is 0 Å². The average Bonchev–Trinajstić information content (AvgIpc) is 2.21. The summed E-state index contributed by atoms with van der Waals surface area (Å²) in [6.45, 7) is 0. The van der Waals surface area contributed by atoms with E-state index in [1.807, 2.05) is 23.5 Å². The van der Waals surface area contributed by atoms with E-state index in [1.165, 1.54) is 5.57 Å². The predicted molar refractivity (Wildman–Crippen MR) is 59.3 cm³/mol. The van der Waals surface area contributed by atoms with E-state index in [1.54, 1.807) is 0 Å².